The van der Waals surface area contributed by atoms with Crippen LogP contribution in [0.3, 0.4) is 0 Å². The largest absolute Gasteiger partial charge is 0.481 e. The monoisotopic (exact) mass is 377 g/mol. The Bertz CT molecular complexity index is 683. The molecule has 2 rings (SSSR count). The second kappa shape index (κ2) is 7.78. The van der Waals surface area contributed by atoms with Gasteiger partial charge in [0.05, 0.1) is 12.7 Å². The maximum absolute atomic E-state index is 12.1. The Hall–Kier alpha value is -2.34. The second-order valence-corrected chi connectivity index (χ2v) is 5.69. The number of hydrogen-bond donors (Lipinski definition) is 1. The maximum Gasteiger partial charge on any atom is 0.337 e. The van der Waals surface area contributed by atoms with E-state index in [1.54, 1.807) is 43.3 Å². The Kier molecular flexibility index (Phi) is 5.76. The lowest BCUT2D eigenvalue weighted by molar-refractivity contribution is -0.122. The molecule has 0 radical (unpaired) electrons. The van der Waals surface area contributed by atoms with Gasteiger partial charge in [-0.1, -0.05) is 15.9 Å². The van der Waals surface area contributed by atoms with Gasteiger partial charge in [0, 0.05) is 10.2 Å². The van der Waals surface area contributed by atoms with E-state index >= 15 is 0 Å². The molecule has 6 heteroatoms. The average molecular weight is 378 g/mol. The summed E-state index contributed by atoms with van der Waals surface area (Å²) in [6.45, 7) is 1.67. The molecule has 0 bridgehead atoms. The van der Waals surface area contributed by atoms with Crippen LogP contribution in [0.25, 0.3) is 0 Å². The van der Waals surface area contributed by atoms with E-state index in [-0.39, 0.29) is 5.91 Å². The number of ether oxygens (including phenoxy) is 2. The molecule has 0 saturated carbocycles. The fraction of sp³-hybridized carbons (Fsp3) is 0.176. The molecular weight excluding hydrogens is 362 g/mol. The zero-order valence-corrected chi connectivity index (χ0v) is 14.3. The van der Waals surface area contributed by atoms with Gasteiger partial charge in [0.25, 0.3) is 5.91 Å². The van der Waals surface area contributed by atoms with Crippen LogP contribution in [-0.4, -0.2) is 25.1 Å². The number of esters is 1. The SMILES string of the molecule is COC(=O)c1ccc(NC(=O)[C@H](C)Oc2ccc(Br)cc2)cc1. The van der Waals surface area contributed by atoms with Crippen LogP contribution < -0.4 is 10.1 Å². The molecule has 0 aromatic heterocycles. The highest BCUT2D eigenvalue weighted by Gasteiger charge is 2.15. The van der Waals surface area contributed by atoms with Crippen LogP contribution >= 0.6 is 15.9 Å². The number of rotatable bonds is 5. The molecule has 0 spiro atoms. The van der Waals surface area contributed by atoms with Gasteiger partial charge >= 0.3 is 5.97 Å². The Labute approximate surface area is 142 Å². The lowest BCUT2D eigenvalue weighted by Crippen LogP contribution is -2.30. The molecule has 0 heterocycles. The summed E-state index contributed by atoms with van der Waals surface area (Å²) >= 11 is 3.34. The molecule has 2 aromatic rings. The summed E-state index contributed by atoms with van der Waals surface area (Å²) in [7, 11) is 1.32. The predicted octanol–water partition coefficient (Wildman–Crippen LogP) is 3.64. The molecule has 23 heavy (non-hydrogen) atoms. The van der Waals surface area contributed by atoms with E-state index in [9.17, 15) is 9.59 Å². The van der Waals surface area contributed by atoms with E-state index in [4.69, 9.17) is 4.74 Å². The van der Waals surface area contributed by atoms with Gasteiger partial charge < -0.3 is 14.8 Å². The molecule has 2 aromatic carbocycles. The van der Waals surface area contributed by atoms with Crippen LogP contribution in [0.4, 0.5) is 5.69 Å². The van der Waals surface area contributed by atoms with Gasteiger partial charge in [-0.2, -0.15) is 0 Å². The molecule has 0 fully saturated rings. The molecule has 1 amide bonds. The summed E-state index contributed by atoms with van der Waals surface area (Å²) in [5.41, 5.74) is 0.999. The topological polar surface area (TPSA) is 64.6 Å². The molecular formula is C17H16BrNO4. The van der Waals surface area contributed by atoms with Crippen molar-refractivity contribution in [1.29, 1.82) is 0 Å². The molecule has 0 aliphatic heterocycles. The van der Waals surface area contributed by atoms with Crippen LogP contribution in [0.2, 0.25) is 0 Å². The van der Waals surface area contributed by atoms with Crippen molar-refractivity contribution < 1.29 is 19.1 Å². The molecule has 0 aliphatic rings. The number of carbonyl (C=O) groups is 2. The summed E-state index contributed by atoms with van der Waals surface area (Å²) in [5, 5.41) is 2.73. The first-order chi connectivity index (χ1) is 11.0. The van der Waals surface area contributed by atoms with Crippen LogP contribution in [0.5, 0.6) is 5.75 Å². The first-order valence-corrected chi connectivity index (χ1v) is 7.70. The second-order valence-electron chi connectivity index (χ2n) is 4.77. The Morgan fingerprint density at radius 1 is 1.04 bits per heavy atom. The maximum atomic E-state index is 12.1. The number of anilines is 1. The van der Waals surface area contributed by atoms with Crippen molar-refractivity contribution in [2.75, 3.05) is 12.4 Å². The minimum atomic E-state index is -0.656. The van der Waals surface area contributed by atoms with Crippen molar-refractivity contribution in [1.82, 2.24) is 0 Å². The van der Waals surface area contributed by atoms with Crippen molar-refractivity contribution in [3.05, 3.63) is 58.6 Å². The fourth-order valence-electron chi connectivity index (χ4n) is 1.82. The summed E-state index contributed by atoms with van der Waals surface area (Å²) in [4.78, 5) is 23.5. The van der Waals surface area contributed by atoms with Crippen molar-refractivity contribution >= 4 is 33.5 Å². The molecule has 120 valence electrons. The summed E-state index contributed by atoms with van der Waals surface area (Å²) in [6.07, 6.45) is -0.656. The van der Waals surface area contributed by atoms with E-state index in [2.05, 4.69) is 26.0 Å². The number of carbonyl (C=O) groups excluding carboxylic acids is 2. The van der Waals surface area contributed by atoms with E-state index in [0.29, 0.717) is 17.0 Å². The minimum Gasteiger partial charge on any atom is -0.481 e. The van der Waals surface area contributed by atoms with Gasteiger partial charge in [0.2, 0.25) is 0 Å². The number of amides is 1. The van der Waals surface area contributed by atoms with Crippen LogP contribution in [0, 0.1) is 0 Å². The number of halogens is 1. The Morgan fingerprint density at radius 2 is 1.65 bits per heavy atom. The van der Waals surface area contributed by atoms with Gasteiger partial charge in [-0.25, -0.2) is 4.79 Å². The molecule has 1 N–H and O–H groups in total. The van der Waals surface area contributed by atoms with Gasteiger partial charge in [0.15, 0.2) is 6.10 Å². The lowest BCUT2D eigenvalue weighted by Gasteiger charge is -2.15. The van der Waals surface area contributed by atoms with E-state index in [1.165, 1.54) is 7.11 Å². The minimum absolute atomic E-state index is 0.279. The first-order valence-electron chi connectivity index (χ1n) is 6.91. The highest BCUT2D eigenvalue weighted by molar-refractivity contribution is 9.10. The lowest BCUT2D eigenvalue weighted by atomic mass is 10.2. The highest BCUT2D eigenvalue weighted by atomic mass is 79.9. The third-order valence-corrected chi connectivity index (χ3v) is 3.60. The first kappa shape index (κ1) is 17.0. The zero-order chi connectivity index (χ0) is 16.8. The van der Waals surface area contributed by atoms with Gasteiger partial charge in [-0.15, -0.1) is 0 Å². The Morgan fingerprint density at radius 3 is 2.22 bits per heavy atom. The number of methoxy groups -OCH3 is 1. The van der Waals surface area contributed by atoms with Gasteiger partial charge in [0.1, 0.15) is 5.75 Å². The predicted molar refractivity (Wildman–Crippen MR) is 90.6 cm³/mol. The summed E-state index contributed by atoms with van der Waals surface area (Å²) < 4.78 is 11.1. The average Bonchev–Trinajstić information content (AvgIpc) is 2.56. The molecule has 1 atom stereocenters. The van der Waals surface area contributed by atoms with Crippen molar-refractivity contribution in [2.45, 2.75) is 13.0 Å². The number of nitrogens with one attached hydrogen (secondary N) is 1. The highest BCUT2D eigenvalue weighted by Crippen LogP contribution is 2.18. The van der Waals surface area contributed by atoms with Crippen LogP contribution in [-0.2, 0) is 9.53 Å². The normalized spacial score (nSPS) is 11.4. The van der Waals surface area contributed by atoms with Crippen molar-refractivity contribution in [2.24, 2.45) is 0 Å². The van der Waals surface area contributed by atoms with E-state index in [1.807, 2.05) is 12.1 Å². The molecule has 5 nitrogen and oxygen atoms in total. The van der Waals surface area contributed by atoms with Crippen molar-refractivity contribution in [3.8, 4) is 5.75 Å². The van der Waals surface area contributed by atoms with Crippen LogP contribution in [0.1, 0.15) is 17.3 Å². The molecule has 0 aliphatic carbocycles. The van der Waals surface area contributed by atoms with E-state index < -0.39 is 12.1 Å². The smallest absolute Gasteiger partial charge is 0.337 e. The Balaban J connectivity index is 1.95. The summed E-state index contributed by atoms with van der Waals surface area (Å²) in [5.74, 6) is -0.0922. The molecule has 0 saturated heterocycles. The van der Waals surface area contributed by atoms with Crippen LogP contribution in [0.15, 0.2) is 53.0 Å². The third kappa shape index (κ3) is 4.82. The molecule has 0 unspecified atom stereocenters. The van der Waals surface area contributed by atoms with Crippen molar-refractivity contribution in [3.63, 3.8) is 0 Å². The number of benzene rings is 2. The van der Waals surface area contributed by atoms with E-state index in [0.717, 1.165) is 4.47 Å². The standard InChI is InChI=1S/C17H16BrNO4/c1-11(23-15-9-5-13(18)6-10-15)16(20)19-14-7-3-12(4-8-14)17(21)22-2/h3-11H,1-2H3,(H,19,20)/t11-/m0/s1. The van der Waals surface area contributed by atoms with Gasteiger partial charge in [-0.3, -0.25) is 4.79 Å². The zero-order valence-electron chi connectivity index (χ0n) is 12.7. The number of hydrogen-bond acceptors (Lipinski definition) is 4. The quantitative estimate of drug-likeness (QED) is 0.807. The third-order valence-electron chi connectivity index (χ3n) is 3.07. The van der Waals surface area contributed by atoms with Gasteiger partial charge in [-0.05, 0) is 55.5 Å². The fourth-order valence-corrected chi connectivity index (χ4v) is 2.09. The summed E-state index contributed by atoms with van der Waals surface area (Å²) in [6, 6.07) is 13.7.